The Morgan fingerprint density at radius 1 is 1.50 bits per heavy atom. The molecule has 1 saturated heterocycles. The lowest BCUT2D eigenvalue weighted by Gasteiger charge is -2.31. The van der Waals surface area contributed by atoms with E-state index in [4.69, 9.17) is 9.47 Å². The average molecular weight is 429 g/mol. The molecular formula is C14H15F3INO3. The summed E-state index contributed by atoms with van der Waals surface area (Å²) < 4.78 is 47.4. The maximum Gasteiger partial charge on any atom is 0.422 e. The molecule has 1 fully saturated rings. The number of alkyl halides is 3. The largest absolute Gasteiger partial charge is 0.483 e. The first-order valence-electron chi connectivity index (χ1n) is 6.66. The van der Waals surface area contributed by atoms with E-state index in [0.717, 1.165) is 0 Å². The van der Waals surface area contributed by atoms with Gasteiger partial charge < -0.3 is 14.4 Å². The molecule has 1 amide bonds. The molecule has 8 heteroatoms. The molecule has 0 radical (unpaired) electrons. The summed E-state index contributed by atoms with van der Waals surface area (Å²) in [5, 5.41) is 0. The zero-order valence-electron chi connectivity index (χ0n) is 11.8. The van der Waals surface area contributed by atoms with Crippen LogP contribution in [0, 0.1) is 3.57 Å². The molecule has 1 aliphatic heterocycles. The van der Waals surface area contributed by atoms with Crippen molar-refractivity contribution in [3.8, 4) is 5.75 Å². The second kappa shape index (κ2) is 7.03. The molecule has 22 heavy (non-hydrogen) atoms. The van der Waals surface area contributed by atoms with Gasteiger partial charge in [-0.1, -0.05) is 0 Å². The summed E-state index contributed by atoms with van der Waals surface area (Å²) >= 11 is 1.87. The lowest BCUT2D eigenvalue weighted by molar-refractivity contribution is -0.153. The number of halogens is 4. The molecule has 1 aliphatic rings. The summed E-state index contributed by atoms with van der Waals surface area (Å²) in [5.74, 6) is -0.173. The second-order valence-corrected chi connectivity index (χ2v) is 6.14. The fourth-order valence-electron chi connectivity index (χ4n) is 2.09. The number of carbonyl (C=O) groups is 1. The van der Waals surface area contributed by atoms with Gasteiger partial charge in [0.1, 0.15) is 5.75 Å². The Labute approximate surface area is 139 Å². The number of hydrogen-bond acceptors (Lipinski definition) is 3. The van der Waals surface area contributed by atoms with Crippen LogP contribution in [0.1, 0.15) is 17.3 Å². The normalized spacial score (nSPS) is 19.1. The van der Waals surface area contributed by atoms with Gasteiger partial charge in [-0.15, -0.1) is 0 Å². The molecule has 0 unspecified atom stereocenters. The first-order chi connectivity index (χ1) is 10.3. The van der Waals surface area contributed by atoms with Crippen molar-refractivity contribution < 1.29 is 27.4 Å². The number of nitrogens with zero attached hydrogens (tertiary/aromatic N) is 1. The van der Waals surface area contributed by atoms with E-state index in [-0.39, 0.29) is 17.8 Å². The van der Waals surface area contributed by atoms with Crippen LogP contribution in [0.25, 0.3) is 0 Å². The molecule has 0 N–H and O–H groups in total. The first-order valence-corrected chi connectivity index (χ1v) is 7.74. The Balaban J connectivity index is 2.12. The van der Waals surface area contributed by atoms with Gasteiger partial charge in [0, 0.05) is 18.7 Å². The van der Waals surface area contributed by atoms with Gasteiger partial charge in [0.05, 0.1) is 16.3 Å². The van der Waals surface area contributed by atoms with Gasteiger partial charge in [0.25, 0.3) is 5.91 Å². The van der Waals surface area contributed by atoms with Crippen molar-refractivity contribution in [3.63, 3.8) is 0 Å². The first kappa shape index (κ1) is 17.3. The topological polar surface area (TPSA) is 38.8 Å². The van der Waals surface area contributed by atoms with Gasteiger partial charge >= 0.3 is 6.18 Å². The second-order valence-electron chi connectivity index (χ2n) is 4.98. The zero-order valence-corrected chi connectivity index (χ0v) is 14.0. The van der Waals surface area contributed by atoms with Gasteiger partial charge in [0.15, 0.2) is 6.61 Å². The number of carbonyl (C=O) groups excluding carboxylic acids is 1. The summed E-state index contributed by atoms with van der Waals surface area (Å²) in [6.07, 6.45) is -4.47. The minimum Gasteiger partial charge on any atom is -0.483 e. The number of ether oxygens (including phenoxy) is 2. The van der Waals surface area contributed by atoms with Crippen LogP contribution in [0.2, 0.25) is 0 Å². The highest BCUT2D eigenvalue weighted by Gasteiger charge is 2.29. The van der Waals surface area contributed by atoms with Crippen molar-refractivity contribution in [2.45, 2.75) is 19.2 Å². The van der Waals surface area contributed by atoms with Gasteiger partial charge in [0.2, 0.25) is 0 Å². The van der Waals surface area contributed by atoms with E-state index in [2.05, 4.69) is 0 Å². The molecule has 0 aromatic heterocycles. The molecule has 0 bridgehead atoms. The van der Waals surface area contributed by atoms with Crippen LogP contribution in [0.3, 0.4) is 0 Å². The Morgan fingerprint density at radius 3 is 2.86 bits per heavy atom. The minimum atomic E-state index is -4.41. The summed E-state index contributed by atoms with van der Waals surface area (Å²) in [6.45, 7) is 1.87. The maximum absolute atomic E-state index is 12.4. The molecule has 1 heterocycles. The molecule has 1 atom stereocenters. The summed E-state index contributed by atoms with van der Waals surface area (Å²) in [5.41, 5.74) is 0.312. The van der Waals surface area contributed by atoms with Crippen molar-refractivity contribution in [1.29, 1.82) is 0 Å². The van der Waals surface area contributed by atoms with E-state index in [1.165, 1.54) is 6.07 Å². The smallest absolute Gasteiger partial charge is 0.422 e. The van der Waals surface area contributed by atoms with Crippen LogP contribution in [0.4, 0.5) is 13.2 Å². The van der Waals surface area contributed by atoms with Crippen molar-refractivity contribution >= 4 is 28.5 Å². The number of hydrogen-bond donors (Lipinski definition) is 0. The standard InChI is InChI=1S/C14H15F3INO3/c1-9-7-19(4-5-21-9)13(20)10-2-3-11(18)12(6-10)22-8-14(15,16)17/h2-3,6,9H,4-5,7-8H2,1H3/t9-/m1/s1. The molecule has 2 rings (SSSR count). The Kier molecular flexibility index (Phi) is 5.54. The van der Waals surface area contributed by atoms with Crippen LogP contribution in [0.5, 0.6) is 5.75 Å². The van der Waals surface area contributed by atoms with Gasteiger partial charge in [-0.3, -0.25) is 4.79 Å². The number of amides is 1. The number of benzene rings is 1. The molecule has 0 spiro atoms. The van der Waals surface area contributed by atoms with Crippen molar-refractivity contribution in [2.24, 2.45) is 0 Å². The SMILES string of the molecule is C[C@@H]1CN(C(=O)c2ccc(I)c(OCC(F)(F)F)c2)CCO1. The predicted molar refractivity (Wildman–Crippen MR) is 82.0 cm³/mol. The predicted octanol–water partition coefficient (Wildman–Crippen LogP) is 3.09. The molecular weight excluding hydrogens is 414 g/mol. The molecule has 4 nitrogen and oxygen atoms in total. The Bertz CT molecular complexity index is 551. The Hall–Kier alpha value is -1.03. The number of rotatable bonds is 3. The van der Waals surface area contributed by atoms with Crippen LogP contribution >= 0.6 is 22.6 Å². The highest BCUT2D eigenvalue weighted by atomic mass is 127. The molecule has 0 saturated carbocycles. The van der Waals surface area contributed by atoms with Crippen LogP contribution in [0.15, 0.2) is 18.2 Å². The Morgan fingerprint density at radius 2 is 2.23 bits per heavy atom. The van der Waals surface area contributed by atoms with Crippen molar-refractivity contribution in [1.82, 2.24) is 4.90 Å². The molecule has 1 aromatic carbocycles. The minimum absolute atomic E-state index is 0.0532. The zero-order chi connectivity index (χ0) is 16.3. The van der Waals surface area contributed by atoms with Crippen molar-refractivity contribution in [2.75, 3.05) is 26.3 Å². The highest BCUT2D eigenvalue weighted by Crippen LogP contribution is 2.26. The highest BCUT2D eigenvalue weighted by molar-refractivity contribution is 14.1. The summed E-state index contributed by atoms with van der Waals surface area (Å²) in [4.78, 5) is 14.0. The van der Waals surface area contributed by atoms with E-state index in [0.29, 0.717) is 28.8 Å². The lowest BCUT2D eigenvalue weighted by atomic mass is 10.1. The maximum atomic E-state index is 12.4. The monoisotopic (exact) mass is 429 g/mol. The van der Waals surface area contributed by atoms with E-state index in [1.54, 1.807) is 17.0 Å². The number of morpholine rings is 1. The average Bonchev–Trinajstić information content (AvgIpc) is 2.45. The van der Waals surface area contributed by atoms with E-state index in [1.807, 2.05) is 29.5 Å². The van der Waals surface area contributed by atoms with Crippen molar-refractivity contribution in [3.05, 3.63) is 27.3 Å². The van der Waals surface area contributed by atoms with E-state index in [9.17, 15) is 18.0 Å². The third kappa shape index (κ3) is 4.73. The van der Waals surface area contributed by atoms with Gasteiger partial charge in [-0.2, -0.15) is 13.2 Å². The van der Waals surface area contributed by atoms with E-state index >= 15 is 0 Å². The van der Waals surface area contributed by atoms with Gasteiger partial charge in [-0.05, 0) is 47.7 Å². The van der Waals surface area contributed by atoms with Crippen LogP contribution < -0.4 is 4.74 Å². The lowest BCUT2D eigenvalue weighted by Crippen LogP contribution is -2.44. The van der Waals surface area contributed by atoms with E-state index < -0.39 is 12.8 Å². The van der Waals surface area contributed by atoms with Crippen LogP contribution in [-0.2, 0) is 4.74 Å². The summed E-state index contributed by atoms with van der Waals surface area (Å²) in [7, 11) is 0. The van der Waals surface area contributed by atoms with Crippen LogP contribution in [-0.4, -0.2) is 49.4 Å². The molecule has 122 valence electrons. The molecule has 1 aromatic rings. The fraction of sp³-hybridized carbons (Fsp3) is 0.500. The molecule has 0 aliphatic carbocycles. The quantitative estimate of drug-likeness (QED) is 0.694. The fourth-order valence-corrected chi connectivity index (χ4v) is 2.58. The summed E-state index contributed by atoms with van der Waals surface area (Å²) in [6, 6.07) is 4.52. The third-order valence-corrected chi connectivity index (χ3v) is 3.99. The third-order valence-electron chi connectivity index (χ3n) is 3.10. The van der Waals surface area contributed by atoms with Gasteiger partial charge in [-0.25, -0.2) is 0 Å².